The highest BCUT2D eigenvalue weighted by Crippen LogP contribution is 2.61. The minimum absolute atomic E-state index is 0.502. The Bertz CT molecular complexity index is 950. The van der Waals surface area contributed by atoms with E-state index in [1.807, 2.05) is 0 Å². The van der Waals surface area contributed by atoms with E-state index < -0.39 is 0 Å². The van der Waals surface area contributed by atoms with Gasteiger partial charge in [-0.3, -0.25) is 4.90 Å². The van der Waals surface area contributed by atoms with Gasteiger partial charge < -0.3 is 15.1 Å². The van der Waals surface area contributed by atoms with E-state index in [4.69, 9.17) is 9.97 Å². The molecule has 2 bridgehead atoms. The van der Waals surface area contributed by atoms with Crippen molar-refractivity contribution in [1.82, 2.24) is 14.9 Å². The monoisotopic (exact) mass is 448 g/mol. The second kappa shape index (κ2) is 8.79. The number of hydrogen-bond acceptors (Lipinski definition) is 6. The molecular formula is C27H40N6. The molecule has 2 heterocycles. The molecule has 1 N–H and O–H groups in total. The van der Waals surface area contributed by atoms with Gasteiger partial charge in [0.05, 0.1) is 0 Å². The minimum Gasteiger partial charge on any atom is -0.367 e. The number of piperazine rings is 1. The summed E-state index contributed by atoms with van der Waals surface area (Å²) in [6, 6.07) is 13.4. The third-order valence-corrected chi connectivity index (χ3v) is 8.75. The van der Waals surface area contributed by atoms with Crippen molar-refractivity contribution in [3.8, 4) is 0 Å². The van der Waals surface area contributed by atoms with Crippen LogP contribution < -0.4 is 15.1 Å². The van der Waals surface area contributed by atoms with Crippen LogP contribution in [-0.4, -0.2) is 61.2 Å². The van der Waals surface area contributed by atoms with Crippen molar-refractivity contribution in [2.24, 2.45) is 23.2 Å². The summed E-state index contributed by atoms with van der Waals surface area (Å²) < 4.78 is 0. The average Bonchev–Trinajstić information content (AvgIpc) is 2.81. The van der Waals surface area contributed by atoms with Crippen LogP contribution in [-0.2, 0) is 6.54 Å². The number of rotatable bonds is 6. The summed E-state index contributed by atoms with van der Waals surface area (Å²) in [6.07, 6.45) is 2.65. The van der Waals surface area contributed by atoms with E-state index in [1.165, 1.54) is 18.4 Å². The topological polar surface area (TPSA) is 47.5 Å². The van der Waals surface area contributed by atoms with E-state index in [-0.39, 0.29) is 0 Å². The maximum absolute atomic E-state index is 5.01. The lowest BCUT2D eigenvalue weighted by Gasteiger charge is -2.62. The number of benzene rings is 1. The van der Waals surface area contributed by atoms with E-state index in [9.17, 15) is 0 Å². The number of anilines is 3. The summed E-state index contributed by atoms with van der Waals surface area (Å²) in [5.41, 5.74) is 1.88. The van der Waals surface area contributed by atoms with Crippen LogP contribution in [0.4, 0.5) is 17.6 Å². The predicted octanol–water partition coefficient (Wildman–Crippen LogP) is 4.35. The lowest BCUT2D eigenvalue weighted by Crippen LogP contribution is -2.58. The SMILES string of the molecule is C[C@@H]1C2C[C@@H](C[C@H]1Nc1cc(N(C)C)nc(N3CCN(Cc4ccccc4)CC3)n1)C2(C)C. The average molecular weight is 449 g/mol. The number of hydrogen-bond donors (Lipinski definition) is 1. The Morgan fingerprint density at radius 1 is 1.03 bits per heavy atom. The number of aromatic nitrogens is 2. The van der Waals surface area contributed by atoms with Gasteiger partial charge in [0.25, 0.3) is 0 Å². The molecule has 0 spiro atoms. The number of fused-ring (bicyclic) bond motifs is 2. The fourth-order valence-electron chi connectivity index (χ4n) is 6.34. The van der Waals surface area contributed by atoms with Crippen LogP contribution in [0.2, 0.25) is 0 Å². The van der Waals surface area contributed by atoms with Gasteiger partial charge in [0.2, 0.25) is 5.95 Å². The first-order valence-corrected chi connectivity index (χ1v) is 12.7. The molecule has 4 fully saturated rings. The van der Waals surface area contributed by atoms with Crippen molar-refractivity contribution in [2.45, 2.75) is 46.2 Å². The Hall–Kier alpha value is -2.34. The molecule has 0 amide bonds. The van der Waals surface area contributed by atoms with Gasteiger partial charge >= 0.3 is 0 Å². The van der Waals surface area contributed by atoms with Crippen molar-refractivity contribution in [1.29, 1.82) is 0 Å². The highest BCUT2D eigenvalue weighted by atomic mass is 15.3. The zero-order valence-electron chi connectivity index (χ0n) is 21.0. The third kappa shape index (κ3) is 4.42. The first-order valence-electron chi connectivity index (χ1n) is 12.7. The van der Waals surface area contributed by atoms with Gasteiger partial charge in [-0.15, -0.1) is 0 Å². The fourth-order valence-corrected chi connectivity index (χ4v) is 6.34. The Kier molecular flexibility index (Phi) is 5.98. The van der Waals surface area contributed by atoms with Gasteiger partial charge in [-0.25, -0.2) is 0 Å². The Morgan fingerprint density at radius 3 is 2.39 bits per heavy atom. The molecule has 3 aliphatic carbocycles. The lowest BCUT2D eigenvalue weighted by molar-refractivity contribution is -0.105. The van der Waals surface area contributed by atoms with Gasteiger partial charge in [-0.1, -0.05) is 51.1 Å². The maximum Gasteiger partial charge on any atom is 0.229 e. The Morgan fingerprint density at radius 2 is 1.76 bits per heavy atom. The maximum atomic E-state index is 5.01. The number of nitrogens with one attached hydrogen (secondary N) is 1. The molecule has 1 aromatic carbocycles. The molecule has 1 unspecified atom stereocenters. The van der Waals surface area contributed by atoms with E-state index in [0.717, 1.165) is 62.1 Å². The van der Waals surface area contributed by atoms with Crippen LogP contribution >= 0.6 is 0 Å². The first kappa shape index (κ1) is 22.5. The van der Waals surface area contributed by atoms with Gasteiger partial charge in [0, 0.05) is 58.9 Å². The van der Waals surface area contributed by atoms with Crippen molar-refractivity contribution in [3.63, 3.8) is 0 Å². The zero-order valence-corrected chi connectivity index (χ0v) is 21.0. The summed E-state index contributed by atoms with van der Waals surface area (Å²) in [5, 5.41) is 3.83. The Labute approximate surface area is 199 Å². The molecule has 2 aromatic rings. The summed E-state index contributed by atoms with van der Waals surface area (Å²) in [6.45, 7) is 12.4. The normalized spacial score (nSPS) is 28.8. The van der Waals surface area contributed by atoms with Crippen LogP contribution in [0.25, 0.3) is 0 Å². The molecule has 1 saturated heterocycles. The molecule has 6 heteroatoms. The van der Waals surface area contributed by atoms with Crippen molar-refractivity contribution in [2.75, 3.05) is 55.4 Å². The van der Waals surface area contributed by atoms with E-state index in [0.29, 0.717) is 17.4 Å². The van der Waals surface area contributed by atoms with Gasteiger partial charge in [-0.05, 0) is 41.6 Å². The smallest absolute Gasteiger partial charge is 0.229 e. The number of nitrogens with zero attached hydrogens (tertiary/aromatic N) is 5. The highest BCUT2D eigenvalue weighted by Gasteiger charge is 2.56. The van der Waals surface area contributed by atoms with Crippen LogP contribution in [0.3, 0.4) is 0 Å². The summed E-state index contributed by atoms with van der Waals surface area (Å²) in [7, 11) is 4.13. The van der Waals surface area contributed by atoms with Crippen molar-refractivity contribution in [3.05, 3.63) is 42.0 Å². The molecule has 1 aliphatic heterocycles. The van der Waals surface area contributed by atoms with E-state index in [1.54, 1.807) is 0 Å². The van der Waals surface area contributed by atoms with Gasteiger partial charge in [0.1, 0.15) is 11.6 Å². The van der Waals surface area contributed by atoms with Crippen LogP contribution in [0.15, 0.2) is 36.4 Å². The van der Waals surface area contributed by atoms with Crippen molar-refractivity contribution >= 4 is 17.6 Å². The van der Waals surface area contributed by atoms with Crippen LogP contribution in [0.5, 0.6) is 0 Å². The molecular weight excluding hydrogens is 408 g/mol. The zero-order chi connectivity index (χ0) is 23.2. The van der Waals surface area contributed by atoms with Crippen LogP contribution in [0.1, 0.15) is 39.2 Å². The van der Waals surface area contributed by atoms with Crippen LogP contribution in [0, 0.1) is 23.2 Å². The molecule has 4 atom stereocenters. The Balaban J connectivity index is 1.27. The lowest BCUT2D eigenvalue weighted by atomic mass is 9.45. The first-order chi connectivity index (χ1) is 15.8. The summed E-state index contributed by atoms with van der Waals surface area (Å²) in [4.78, 5) is 16.9. The summed E-state index contributed by atoms with van der Waals surface area (Å²) >= 11 is 0. The molecule has 178 valence electrons. The van der Waals surface area contributed by atoms with Gasteiger partial charge in [0.15, 0.2) is 0 Å². The molecule has 6 rings (SSSR count). The molecule has 3 saturated carbocycles. The molecule has 0 radical (unpaired) electrons. The molecule has 6 nitrogen and oxygen atoms in total. The molecule has 1 aromatic heterocycles. The van der Waals surface area contributed by atoms with Crippen molar-refractivity contribution < 1.29 is 0 Å². The fraction of sp³-hybridized carbons (Fsp3) is 0.630. The van der Waals surface area contributed by atoms with E-state index in [2.05, 4.69) is 91.3 Å². The summed E-state index contributed by atoms with van der Waals surface area (Å²) in [5.74, 6) is 5.14. The quantitative estimate of drug-likeness (QED) is 0.709. The standard InChI is InChI=1S/C27H40N6/c1-19-22-15-21(27(22,2)3)16-23(19)28-24-17-25(31(4)5)30-26(29-24)33-13-11-32(12-14-33)18-20-9-7-6-8-10-20/h6-10,17,19,21-23H,11-16,18H2,1-5H3,(H,28,29,30)/t19-,21+,22?,23-/m1/s1. The van der Waals surface area contributed by atoms with E-state index >= 15 is 0 Å². The highest BCUT2D eigenvalue weighted by molar-refractivity contribution is 5.54. The second-order valence-electron chi connectivity index (χ2n) is 11.3. The largest absolute Gasteiger partial charge is 0.367 e. The third-order valence-electron chi connectivity index (χ3n) is 8.75. The minimum atomic E-state index is 0.502. The van der Waals surface area contributed by atoms with Gasteiger partial charge in [-0.2, -0.15) is 9.97 Å². The molecule has 33 heavy (non-hydrogen) atoms. The predicted molar refractivity (Wildman–Crippen MR) is 137 cm³/mol. The second-order valence-corrected chi connectivity index (χ2v) is 11.3. The molecule has 4 aliphatic rings.